The Morgan fingerprint density at radius 3 is 1.62 bits per heavy atom. The Balaban J connectivity index is 3.39. The second-order valence-electron chi connectivity index (χ2n) is 2.16. The second-order valence-corrected chi connectivity index (χ2v) is 2.68. The number of carbonyl (C=O) groups is 1. The molecule has 72 valence electrons. The lowest BCUT2D eigenvalue weighted by atomic mass is 10.1. The van der Waals surface area contributed by atoms with Crippen LogP contribution in [0.4, 0.5) is 22.0 Å². The first-order valence-corrected chi connectivity index (χ1v) is 3.22. The molecule has 0 unspecified atom stereocenters. The minimum absolute atomic E-state index is 2.19. The maximum atomic E-state index is 12.6. The summed E-state index contributed by atoms with van der Waals surface area (Å²) < 4.78 is 61.9. The predicted octanol–water partition coefficient (Wildman–Crippen LogP) is 2.77. The molecule has 13 heavy (non-hydrogen) atoms. The number of halogens is 6. The van der Waals surface area contributed by atoms with E-state index in [1.807, 2.05) is 0 Å². The summed E-state index contributed by atoms with van der Waals surface area (Å²) in [6, 6.07) is 0. The molecular formula is C6ClF5O. The lowest BCUT2D eigenvalue weighted by Gasteiger charge is -2.17. The monoisotopic (exact) mass is 218 g/mol. The highest BCUT2D eigenvalue weighted by atomic mass is 35.5. The normalized spacial score (nSPS) is 22.8. The fourth-order valence-electron chi connectivity index (χ4n) is 0.668. The van der Waals surface area contributed by atoms with Crippen molar-refractivity contribution in [2.24, 2.45) is 0 Å². The van der Waals surface area contributed by atoms with Gasteiger partial charge in [0.2, 0.25) is 11.7 Å². The number of Topliss-reactive ketones (excluding diaryl/α,β-unsaturated/α-hetero) is 1. The number of hydrogen-bond acceptors (Lipinski definition) is 1. The fourth-order valence-corrected chi connectivity index (χ4v) is 0.834. The Morgan fingerprint density at radius 2 is 1.31 bits per heavy atom. The van der Waals surface area contributed by atoms with Crippen LogP contribution in [0.3, 0.4) is 0 Å². The SMILES string of the molecule is O=C1C(F)=C(F)C(F)(Cl)C(F)=C1F. The van der Waals surface area contributed by atoms with Gasteiger partial charge in [-0.15, -0.1) is 0 Å². The van der Waals surface area contributed by atoms with Crippen molar-refractivity contribution in [3.8, 4) is 0 Å². The molecule has 0 N–H and O–H groups in total. The van der Waals surface area contributed by atoms with Gasteiger partial charge in [0.05, 0.1) is 0 Å². The standard InChI is InChI=1S/C6ClF5O/c7-6(12)4(10)1(8)3(13)2(9)5(6)11. The first-order chi connectivity index (χ1) is 5.80. The zero-order valence-electron chi connectivity index (χ0n) is 5.68. The van der Waals surface area contributed by atoms with Gasteiger partial charge in [-0.25, -0.2) is 13.2 Å². The summed E-state index contributed by atoms with van der Waals surface area (Å²) in [6.45, 7) is 0. The maximum absolute atomic E-state index is 12.6. The van der Waals surface area contributed by atoms with Crippen molar-refractivity contribution in [1.82, 2.24) is 0 Å². The van der Waals surface area contributed by atoms with Gasteiger partial charge in [0.15, 0.2) is 11.7 Å². The summed E-state index contributed by atoms with van der Waals surface area (Å²) >= 11 is 4.46. The van der Waals surface area contributed by atoms with E-state index < -0.39 is 34.2 Å². The van der Waals surface area contributed by atoms with Crippen LogP contribution in [0.5, 0.6) is 0 Å². The number of allylic oxidation sites excluding steroid dienone is 4. The van der Waals surface area contributed by atoms with E-state index in [2.05, 4.69) is 11.6 Å². The van der Waals surface area contributed by atoms with Gasteiger partial charge in [-0.3, -0.25) is 4.79 Å². The van der Waals surface area contributed by atoms with Crippen molar-refractivity contribution in [2.75, 3.05) is 0 Å². The van der Waals surface area contributed by atoms with E-state index in [-0.39, 0.29) is 0 Å². The molecule has 1 aliphatic carbocycles. The molecule has 0 spiro atoms. The van der Waals surface area contributed by atoms with E-state index in [9.17, 15) is 26.7 Å². The fraction of sp³-hybridized carbons (Fsp3) is 0.167. The van der Waals surface area contributed by atoms with Crippen LogP contribution < -0.4 is 0 Å². The third-order valence-corrected chi connectivity index (χ3v) is 1.67. The molecule has 0 radical (unpaired) electrons. The van der Waals surface area contributed by atoms with Crippen LogP contribution in [0, 0.1) is 0 Å². The van der Waals surface area contributed by atoms with Crippen LogP contribution in [0.15, 0.2) is 23.3 Å². The highest BCUT2D eigenvalue weighted by Gasteiger charge is 2.50. The smallest absolute Gasteiger partial charge is 0.283 e. The van der Waals surface area contributed by atoms with Crippen LogP contribution in [0.2, 0.25) is 0 Å². The van der Waals surface area contributed by atoms with Crippen molar-refractivity contribution >= 4 is 17.4 Å². The third-order valence-electron chi connectivity index (χ3n) is 1.34. The van der Waals surface area contributed by atoms with Crippen LogP contribution in [-0.2, 0) is 4.79 Å². The molecule has 0 aromatic heterocycles. The number of ketones is 1. The van der Waals surface area contributed by atoms with Gasteiger partial charge in [0.1, 0.15) is 0 Å². The summed E-state index contributed by atoms with van der Waals surface area (Å²) in [6.07, 6.45) is 0. The average Bonchev–Trinajstić information content (AvgIpc) is 2.09. The van der Waals surface area contributed by atoms with Crippen LogP contribution in [0.25, 0.3) is 0 Å². The van der Waals surface area contributed by atoms with Gasteiger partial charge >= 0.3 is 0 Å². The molecule has 0 saturated heterocycles. The molecule has 1 nitrogen and oxygen atoms in total. The van der Waals surface area contributed by atoms with Gasteiger partial charge in [-0.05, 0) is 0 Å². The molecular weight excluding hydrogens is 219 g/mol. The Morgan fingerprint density at radius 1 is 1.00 bits per heavy atom. The predicted molar refractivity (Wildman–Crippen MR) is 33.2 cm³/mol. The number of rotatable bonds is 0. The zero-order chi connectivity index (χ0) is 10.4. The molecule has 0 atom stereocenters. The molecule has 0 amide bonds. The number of carbonyl (C=O) groups excluding carboxylic acids is 1. The lowest BCUT2D eigenvalue weighted by molar-refractivity contribution is -0.115. The molecule has 0 saturated carbocycles. The van der Waals surface area contributed by atoms with Crippen molar-refractivity contribution in [1.29, 1.82) is 0 Å². The van der Waals surface area contributed by atoms with Gasteiger partial charge in [0.25, 0.3) is 10.9 Å². The summed E-state index contributed by atoms with van der Waals surface area (Å²) in [5, 5.41) is -4.05. The van der Waals surface area contributed by atoms with Crippen molar-refractivity contribution in [3.05, 3.63) is 23.3 Å². The summed E-state index contributed by atoms with van der Waals surface area (Å²) in [5.74, 6) is -11.9. The molecule has 7 heteroatoms. The largest absolute Gasteiger partial charge is 0.292 e. The first-order valence-electron chi connectivity index (χ1n) is 2.84. The first kappa shape index (κ1) is 10.2. The quantitative estimate of drug-likeness (QED) is 0.451. The van der Waals surface area contributed by atoms with E-state index in [1.54, 1.807) is 0 Å². The van der Waals surface area contributed by atoms with Gasteiger partial charge < -0.3 is 0 Å². The van der Waals surface area contributed by atoms with Gasteiger partial charge in [-0.2, -0.15) is 8.78 Å². The van der Waals surface area contributed by atoms with Crippen molar-refractivity contribution < 1.29 is 26.7 Å². The Kier molecular flexibility index (Phi) is 2.19. The molecule has 0 fully saturated rings. The molecule has 1 aliphatic rings. The van der Waals surface area contributed by atoms with E-state index in [0.29, 0.717) is 0 Å². The maximum Gasteiger partial charge on any atom is 0.292 e. The minimum atomic E-state index is -4.05. The molecule has 0 aromatic carbocycles. The van der Waals surface area contributed by atoms with E-state index >= 15 is 0 Å². The molecule has 1 rings (SSSR count). The third kappa shape index (κ3) is 1.25. The van der Waals surface area contributed by atoms with E-state index in [4.69, 9.17) is 0 Å². The van der Waals surface area contributed by atoms with Crippen molar-refractivity contribution in [3.63, 3.8) is 0 Å². The van der Waals surface area contributed by atoms with E-state index in [0.717, 1.165) is 0 Å². The molecule has 0 aliphatic heterocycles. The zero-order valence-corrected chi connectivity index (χ0v) is 6.43. The Bertz CT molecular complexity index is 313. The van der Waals surface area contributed by atoms with E-state index in [1.165, 1.54) is 0 Å². The second kappa shape index (κ2) is 2.80. The van der Waals surface area contributed by atoms with Gasteiger partial charge in [0, 0.05) is 0 Å². The lowest BCUT2D eigenvalue weighted by Crippen LogP contribution is -2.26. The average molecular weight is 219 g/mol. The highest BCUT2D eigenvalue weighted by molar-refractivity contribution is 6.28. The summed E-state index contributed by atoms with van der Waals surface area (Å²) in [4.78, 5) is 10.3. The summed E-state index contributed by atoms with van der Waals surface area (Å²) in [7, 11) is 0. The molecule has 0 bridgehead atoms. The Hall–Kier alpha value is -0.910. The topological polar surface area (TPSA) is 17.1 Å². The van der Waals surface area contributed by atoms with Crippen molar-refractivity contribution in [2.45, 2.75) is 5.13 Å². The highest BCUT2D eigenvalue weighted by Crippen LogP contribution is 2.44. The van der Waals surface area contributed by atoms with Gasteiger partial charge in [-0.1, -0.05) is 11.6 Å². The Labute approximate surface area is 73.5 Å². The number of alkyl halides is 2. The summed E-state index contributed by atoms with van der Waals surface area (Å²) in [5.41, 5.74) is 0. The number of hydrogen-bond donors (Lipinski definition) is 0. The van der Waals surface area contributed by atoms with Crippen LogP contribution in [-0.4, -0.2) is 10.9 Å². The van der Waals surface area contributed by atoms with Crippen LogP contribution >= 0.6 is 11.6 Å². The minimum Gasteiger partial charge on any atom is -0.283 e. The molecule has 0 heterocycles. The molecule has 0 aromatic rings. The van der Waals surface area contributed by atoms with Crippen LogP contribution in [0.1, 0.15) is 0 Å².